The van der Waals surface area contributed by atoms with E-state index in [1.807, 2.05) is 12.1 Å². The highest BCUT2D eigenvalue weighted by Gasteiger charge is 2.36. The van der Waals surface area contributed by atoms with Crippen LogP contribution >= 0.6 is 23.4 Å². The summed E-state index contributed by atoms with van der Waals surface area (Å²) in [5.41, 5.74) is 1.46. The lowest BCUT2D eigenvalue weighted by Gasteiger charge is -2.14. The molecule has 0 atom stereocenters. The lowest BCUT2D eigenvalue weighted by molar-refractivity contribution is -0.143. The van der Waals surface area contributed by atoms with Crippen molar-refractivity contribution < 1.29 is 28.6 Å². The first-order valence-electron chi connectivity index (χ1n) is 8.79. The van der Waals surface area contributed by atoms with E-state index >= 15 is 0 Å². The molecule has 1 fully saturated rings. The van der Waals surface area contributed by atoms with Gasteiger partial charge in [0.05, 0.1) is 19.1 Å². The molecule has 0 saturated carbocycles. The first-order valence-corrected chi connectivity index (χ1v) is 9.98. The SMILES string of the molecule is COC(=O)CN1C(=O)S/C(=C/c2cccc(OC)c2OCc2ccc(Cl)cc2)C1=O. The fraction of sp³-hybridized carbons (Fsp3) is 0.190. The number of methoxy groups -OCH3 is 2. The molecule has 156 valence electrons. The standard InChI is InChI=1S/C21H18ClNO6S/c1-27-16-5-3-4-14(19(16)29-12-13-6-8-15(22)9-7-13)10-17-20(25)23(21(26)30-17)11-18(24)28-2/h3-10H,11-12H2,1-2H3/b17-10+. The van der Waals surface area contributed by atoms with Crippen LogP contribution in [0.5, 0.6) is 11.5 Å². The molecule has 0 unspecified atom stereocenters. The van der Waals surface area contributed by atoms with Crippen molar-refractivity contribution in [3.05, 3.63) is 63.5 Å². The van der Waals surface area contributed by atoms with Gasteiger partial charge in [-0.15, -0.1) is 0 Å². The molecule has 7 nitrogen and oxygen atoms in total. The van der Waals surface area contributed by atoms with Crippen molar-refractivity contribution in [2.75, 3.05) is 20.8 Å². The summed E-state index contributed by atoms with van der Waals surface area (Å²) in [6.07, 6.45) is 1.54. The van der Waals surface area contributed by atoms with Crippen molar-refractivity contribution in [1.82, 2.24) is 4.90 Å². The van der Waals surface area contributed by atoms with Crippen LogP contribution in [0.2, 0.25) is 5.02 Å². The van der Waals surface area contributed by atoms with Gasteiger partial charge in [-0.25, -0.2) is 0 Å². The van der Waals surface area contributed by atoms with E-state index in [1.54, 1.807) is 36.4 Å². The number of rotatable bonds is 7. The van der Waals surface area contributed by atoms with Gasteiger partial charge in [0.2, 0.25) is 0 Å². The number of ether oxygens (including phenoxy) is 3. The van der Waals surface area contributed by atoms with E-state index in [9.17, 15) is 14.4 Å². The van der Waals surface area contributed by atoms with Crippen molar-refractivity contribution in [2.45, 2.75) is 6.61 Å². The number of hydrogen-bond donors (Lipinski definition) is 0. The highest BCUT2D eigenvalue weighted by molar-refractivity contribution is 8.18. The lowest BCUT2D eigenvalue weighted by Crippen LogP contribution is -2.34. The van der Waals surface area contributed by atoms with Crippen LogP contribution in [0.25, 0.3) is 6.08 Å². The van der Waals surface area contributed by atoms with E-state index in [0.717, 1.165) is 22.2 Å². The summed E-state index contributed by atoms with van der Waals surface area (Å²) in [5.74, 6) is -0.338. The molecule has 30 heavy (non-hydrogen) atoms. The Bertz CT molecular complexity index is 1010. The van der Waals surface area contributed by atoms with Crippen LogP contribution in [0.1, 0.15) is 11.1 Å². The number of hydrogen-bond acceptors (Lipinski definition) is 7. The van der Waals surface area contributed by atoms with Crippen LogP contribution in [0.3, 0.4) is 0 Å². The minimum Gasteiger partial charge on any atom is -0.493 e. The van der Waals surface area contributed by atoms with E-state index < -0.39 is 23.7 Å². The molecule has 2 amide bonds. The van der Waals surface area contributed by atoms with Gasteiger partial charge in [-0.1, -0.05) is 35.9 Å². The smallest absolute Gasteiger partial charge is 0.325 e. The average Bonchev–Trinajstić information content (AvgIpc) is 3.01. The van der Waals surface area contributed by atoms with Crippen LogP contribution in [-0.4, -0.2) is 42.8 Å². The lowest BCUT2D eigenvalue weighted by atomic mass is 10.1. The van der Waals surface area contributed by atoms with Gasteiger partial charge in [-0.05, 0) is 41.6 Å². The number of thioether (sulfide) groups is 1. The second kappa shape index (κ2) is 9.69. The largest absolute Gasteiger partial charge is 0.493 e. The third-order valence-corrected chi connectivity index (χ3v) is 5.36. The van der Waals surface area contributed by atoms with Crippen molar-refractivity contribution in [3.63, 3.8) is 0 Å². The maximum atomic E-state index is 12.6. The first-order chi connectivity index (χ1) is 14.4. The molecule has 0 radical (unpaired) electrons. The Morgan fingerprint density at radius 1 is 1.13 bits per heavy atom. The molecule has 2 aromatic rings. The van der Waals surface area contributed by atoms with Crippen molar-refractivity contribution >= 4 is 46.6 Å². The highest BCUT2D eigenvalue weighted by Crippen LogP contribution is 2.37. The van der Waals surface area contributed by atoms with E-state index in [4.69, 9.17) is 21.1 Å². The Labute approximate surface area is 182 Å². The number of amides is 2. The molecule has 0 aromatic heterocycles. The number of halogens is 1. The van der Waals surface area contributed by atoms with E-state index in [1.165, 1.54) is 14.2 Å². The van der Waals surface area contributed by atoms with E-state index in [0.29, 0.717) is 22.1 Å². The molecule has 1 aliphatic heterocycles. The van der Waals surface area contributed by atoms with Gasteiger partial charge in [-0.2, -0.15) is 0 Å². The van der Waals surface area contributed by atoms with E-state index in [-0.39, 0.29) is 11.5 Å². The molecule has 1 saturated heterocycles. The summed E-state index contributed by atoms with van der Waals surface area (Å²) in [6, 6.07) is 12.4. The Morgan fingerprint density at radius 2 is 1.87 bits per heavy atom. The number of carbonyl (C=O) groups is 3. The molecule has 0 aliphatic carbocycles. The van der Waals surface area contributed by atoms with Gasteiger partial charge in [0, 0.05) is 10.6 Å². The maximum Gasteiger partial charge on any atom is 0.325 e. The molecule has 1 heterocycles. The topological polar surface area (TPSA) is 82.1 Å². The van der Waals surface area contributed by atoms with E-state index in [2.05, 4.69) is 4.74 Å². The van der Waals surface area contributed by atoms with Gasteiger partial charge in [0.1, 0.15) is 13.2 Å². The quantitative estimate of drug-likeness (QED) is 0.466. The zero-order valence-electron chi connectivity index (χ0n) is 16.2. The minimum atomic E-state index is -0.674. The summed E-state index contributed by atoms with van der Waals surface area (Å²) < 4.78 is 15.9. The molecular formula is C21H18ClNO6S. The Morgan fingerprint density at radius 3 is 2.53 bits per heavy atom. The van der Waals surface area contributed by atoms with Crippen LogP contribution in [0, 0.1) is 0 Å². The molecule has 3 rings (SSSR count). The molecule has 0 bridgehead atoms. The monoisotopic (exact) mass is 447 g/mol. The number of benzene rings is 2. The van der Waals surface area contributed by atoms with Gasteiger partial charge in [0.25, 0.3) is 11.1 Å². The average molecular weight is 448 g/mol. The Balaban J connectivity index is 1.86. The number of imide groups is 1. The second-order valence-corrected chi connectivity index (χ2v) is 7.57. The van der Waals surface area contributed by atoms with Crippen LogP contribution in [-0.2, 0) is 20.9 Å². The normalized spacial score (nSPS) is 14.9. The van der Waals surface area contributed by atoms with Gasteiger partial charge >= 0.3 is 5.97 Å². The van der Waals surface area contributed by atoms with Gasteiger partial charge < -0.3 is 14.2 Å². The number of esters is 1. The summed E-state index contributed by atoms with van der Waals surface area (Å²) in [7, 11) is 2.70. The van der Waals surface area contributed by atoms with Crippen LogP contribution in [0.4, 0.5) is 4.79 Å². The zero-order chi connectivity index (χ0) is 21.7. The van der Waals surface area contributed by atoms with Crippen molar-refractivity contribution in [2.24, 2.45) is 0 Å². The molecule has 0 N–H and O–H groups in total. The first kappa shape index (κ1) is 21.7. The molecule has 0 spiro atoms. The third-order valence-electron chi connectivity index (χ3n) is 4.20. The third kappa shape index (κ3) is 4.95. The summed E-state index contributed by atoms with van der Waals surface area (Å²) in [4.78, 5) is 37.2. The van der Waals surface area contributed by atoms with Crippen LogP contribution < -0.4 is 9.47 Å². The number of carbonyl (C=O) groups excluding carboxylic acids is 3. The maximum absolute atomic E-state index is 12.6. The molecule has 2 aromatic carbocycles. The zero-order valence-corrected chi connectivity index (χ0v) is 17.8. The Hall–Kier alpha value is -2.97. The fourth-order valence-electron chi connectivity index (χ4n) is 2.67. The molecule has 9 heteroatoms. The predicted octanol–water partition coefficient (Wildman–Crippen LogP) is 4.14. The summed E-state index contributed by atoms with van der Waals surface area (Å²) in [6.45, 7) is -0.182. The van der Waals surface area contributed by atoms with Crippen molar-refractivity contribution in [3.8, 4) is 11.5 Å². The Kier molecular flexibility index (Phi) is 7.02. The second-order valence-electron chi connectivity index (χ2n) is 6.14. The van der Waals surface area contributed by atoms with Crippen LogP contribution in [0.15, 0.2) is 47.4 Å². The number of para-hydroxylation sites is 1. The minimum absolute atomic E-state index is 0.175. The summed E-state index contributed by atoms with van der Waals surface area (Å²) >= 11 is 6.66. The molecule has 1 aliphatic rings. The highest BCUT2D eigenvalue weighted by atomic mass is 35.5. The van der Waals surface area contributed by atoms with Gasteiger partial charge in [-0.3, -0.25) is 19.3 Å². The van der Waals surface area contributed by atoms with Crippen molar-refractivity contribution in [1.29, 1.82) is 0 Å². The fourth-order valence-corrected chi connectivity index (χ4v) is 3.62. The number of nitrogens with zero attached hydrogens (tertiary/aromatic N) is 1. The summed E-state index contributed by atoms with van der Waals surface area (Å²) in [5, 5.41) is 0.0857. The molecular weight excluding hydrogens is 430 g/mol. The van der Waals surface area contributed by atoms with Gasteiger partial charge in [0.15, 0.2) is 11.5 Å². The predicted molar refractivity (Wildman–Crippen MR) is 113 cm³/mol.